The van der Waals surface area contributed by atoms with Gasteiger partial charge in [-0.25, -0.2) is 4.39 Å². The molecule has 1 N–H and O–H groups in total. The average molecular weight is 264 g/mol. The predicted molar refractivity (Wildman–Crippen MR) is 64.9 cm³/mol. The normalized spacial score (nSPS) is 13.1. The molecule has 0 aliphatic carbocycles. The molecule has 92 valence electrons. The summed E-state index contributed by atoms with van der Waals surface area (Å²) in [5.74, 6) is 0.0322. The maximum Gasteiger partial charge on any atom is 0.149 e. The van der Waals surface area contributed by atoms with E-state index in [0.29, 0.717) is 27.3 Å². The van der Waals surface area contributed by atoms with Crippen LogP contribution >= 0.6 is 11.5 Å². The van der Waals surface area contributed by atoms with Gasteiger partial charge in [-0.05, 0) is 42.7 Å². The molecule has 0 saturated carbocycles. The standard InChI is InChI=1S/C12H9FN2O2S/c1-6-12(18-15-14-6)11(16)10-5-7-4-8(13)2-3-9(7)17-10/h2-5,11,16H,1H3. The van der Waals surface area contributed by atoms with E-state index in [4.69, 9.17) is 4.42 Å². The van der Waals surface area contributed by atoms with Gasteiger partial charge in [0.2, 0.25) is 0 Å². The van der Waals surface area contributed by atoms with E-state index in [1.54, 1.807) is 19.1 Å². The summed E-state index contributed by atoms with van der Waals surface area (Å²) in [5.41, 5.74) is 1.21. The molecule has 0 fully saturated rings. The monoisotopic (exact) mass is 264 g/mol. The summed E-state index contributed by atoms with van der Waals surface area (Å²) >= 11 is 1.12. The largest absolute Gasteiger partial charge is 0.458 e. The van der Waals surface area contributed by atoms with Crippen LogP contribution in [0.3, 0.4) is 0 Å². The molecule has 0 spiro atoms. The summed E-state index contributed by atoms with van der Waals surface area (Å²) in [5, 5.41) is 14.6. The van der Waals surface area contributed by atoms with Crippen LogP contribution in [0.5, 0.6) is 0 Å². The van der Waals surface area contributed by atoms with Crippen LogP contribution in [0.4, 0.5) is 4.39 Å². The second kappa shape index (κ2) is 4.15. The van der Waals surface area contributed by atoms with Gasteiger partial charge in [0.25, 0.3) is 0 Å². The van der Waals surface area contributed by atoms with Gasteiger partial charge in [0.1, 0.15) is 23.3 Å². The summed E-state index contributed by atoms with van der Waals surface area (Å²) in [6, 6.07) is 5.86. The lowest BCUT2D eigenvalue weighted by Crippen LogP contribution is -1.97. The first kappa shape index (κ1) is 11.3. The molecule has 6 heteroatoms. The minimum atomic E-state index is -0.916. The predicted octanol–water partition coefficient (Wildman–Crippen LogP) is 2.81. The lowest BCUT2D eigenvalue weighted by Gasteiger charge is -2.03. The molecule has 2 heterocycles. The van der Waals surface area contributed by atoms with Crippen molar-refractivity contribution in [3.05, 3.63) is 46.4 Å². The fourth-order valence-corrected chi connectivity index (χ4v) is 2.43. The Labute approximate surface area is 106 Å². The molecule has 2 aromatic heterocycles. The van der Waals surface area contributed by atoms with E-state index in [2.05, 4.69) is 9.59 Å². The van der Waals surface area contributed by atoms with Crippen molar-refractivity contribution in [1.29, 1.82) is 0 Å². The molecule has 18 heavy (non-hydrogen) atoms. The van der Waals surface area contributed by atoms with Gasteiger partial charge in [0.05, 0.1) is 10.6 Å². The lowest BCUT2D eigenvalue weighted by atomic mass is 10.2. The molecule has 1 aromatic carbocycles. The van der Waals surface area contributed by atoms with Crippen LogP contribution in [0.2, 0.25) is 0 Å². The van der Waals surface area contributed by atoms with E-state index in [1.165, 1.54) is 12.1 Å². The Morgan fingerprint density at radius 3 is 2.94 bits per heavy atom. The van der Waals surface area contributed by atoms with Crippen LogP contribution in [0.15, 0.2) is 28.7 Å². The number of benzene rings is 1. The Morgan fingerprint density at radius 2 is 2.22 bits per heavy atom. The fraction of sp³-hybridized carbons (Fsp3) is 0.167. The van der Waals surface area contributed by atoms with Crippen molar-refractivity contribution in [3.8, 4) is 0 Å². The van der Waals surface area contributed by atoms with Crippen molar-refractivity contribution in [1.82, 2.24) is 9.59 Å². The molecule has 0 aliphatic heterocycles. The summed E-state index contributed by atoms with van der Waals surface area (Å²) < 4.78 is 22.3. The van der Waals surface area contributed by atoms with Gasteiger partial charge in [-0.1, -0.05) is 4.49 Å². The molecule has 4 nitrogen and oxygen atoms in total. The third-order valence-corrected chi connectivity index (χ3v) is 3.58. The Kier molecular flexibility index (Phi) is 2.61. The molecule has 3 rings (SSSR count). The zero-order valence-corrected chi connectivity index (χ0v) is 10.2. The number of aliphatic hydroxyl groups is 1. The number of aliphatic hydroxyl groups excluding tert-OH is 1. The lowest BCUT2D eigenvalue weighted by molar-refractivity contribution is 0.195. The van der Waals surface area contributed by atoms with Crippen molar-refractivity contribution in [2.75, 3.05) is 0 Å². The van der Waals surface area contributed by atoms with E-state index < -0.39 is 6.10 Å². The maximum atomic E-state index is 13.1. The number of hydrogen-bond donors (Lipinski definition) is 1. The molecule has 1 atom stereocenters. The summed E-state index contributed by atoms with van der Waals surface area (Å²) in [6.45, 7) is 1.77. The number of nitrogens with zero attached hydrogens (tertiary/aromatic N) is 2. The van der Waals surface area contributed by atoms with Crippen molar-refractivity contribution in [3.63, 3.8) is 0 Å². The summed E-state index contributed by atoms with van der Waals surface area (Å²) in [4.78, 5) is 0.634. The van der Waals surface area contributed by atoms with Gasteiger partial charge >= 0.3 is 0 Å². The SMILES string of the molecule is Cc1nnsc1C(O)c1cc2cc(F)ccc2o1. The Morgan fingerprint density at radius 1 is 1.39 bits per heavy atom. The molecule has 0 aliphatic rings. The highest BCUT2D eigenvalue weighted by Crippen LogP contribution is 2.31. The number of aromatic nitrogens is 2. The number of hydrogen-bond acceptors (Lipinski definition) is 5. The smallest absolute Gasteiger partial charge is 0.149 e. The van der Waals surface area contributed by atoms with Gasteiger partial charge in [0, 0.05) is 5.39 Å². The van der Waals surface area contributed by atoms with Gasteiger partial charge in [0.15, 0.2) is 0 Å². The number of aryl methyl sites for hydroxylation is 1. The molecule has 3 aromatic rings. The quantitative estimate of drug-likeness (QED) is 0.773. The number of furan rings is 1. The molecule has 0 bridgehead atoms. The zero-order chi connectivity index (χ0) is 12.7. The fourth-order valence-electron chi connectivity index (χ4n) is 1.79. The Hall–Kier alpha value is -1.79. The first-order valence-corrected chi connectivity index (χ1v) is 6.08. The topological polar surface area (TPSA) is 59.2 Å². The number of rotatable bonds is 2. The third kappa shape index (κ3) is 1.79. The first-order chi connectivity index (χ1) is 8.65. The number of fused-ring (bicyclic) bond motifs is 1. The highest BCUT2D eigenvalue weighted by atomic mass is 32.1. The van der Waals surface area contributed by atoms with Crippen LogP contribution in [0.25, 0.3) is 11.0 Å². The second-order valence-corrected chi connectivity index (χ2v) is 4.74. The van der Waals surface area contributed by atoms with Crippen molar-refractivity contribution >= 4 is 22.5 Å². The van der Waals surface area contributed by atoms with Gasteiger partial charge in [-0.2, -0.15) is 0 Å². The molecule has 1 unspecified atom stereocenters. The van der Waals surface area contributed by atoms with E-state index >= 15 is 0 Å². The highest BCUT2D eigenvalue weighted by molar-refractivity contribution is 7.05. The molecule has 0 saturated heterocycles. The van der Waals surface area contributed by atoms with E-state index in [1.807, 2.05) is 0 Å². The average Bonchev–Trinajstić information content (AvgIpc) is 2.93. The van der Waals surface area contributed by atoms with E-state index in [9.17, 15) is 9.50 Å². The van der Waals surface area contributed by atoms with Gasteiger partial charge in [-0.3, -0.25) is 0 Å². The summed E-state index contributed by atoms with van der Waals surface area (Å²) in [6.07, 6.45) is -0.916. The van der Waals surface area contributed by atoms with Crippen LogP contribution in [-0.4, -0.2) is 14.7 Å². The molecule has 0 radical (unpaired) electrons. The highest BCUT2D eigenvalue weighted by Gasteiger charge is 2.20. The zero-order valence-electron chi connectivity index (χ0n) is 9.42. The second-order valence-electron chi connectivity index (χ2n) is 3.96. The first-order valence-electron chi connectivity index (χ1n) is 5.31. The van der Waals surface area contributed by atoms with Crippen molar-refractivity contribution in [2.45, 2.75) is 13.0 Å². The Balaban J connectivity index is 2.07. The van der Waals surface area contributed by atoms with Crippen LogP contribution in [-0.2, 0) is 0 Å². The minimum absolute atomic E-state index is 0.333. The number of halogens is 1. The van der Waals surface area contributed by atoms with Crippen molar-refractivity contribution < 1.29 is 13.9 Å². The van der Waals surface area contributed by atoms with Crippen LogP contribution in [0.1, 0.15) is 22.4 Å². The van der Waals surface area contributed by atoms with Crippen LogP contribution < -0.4 is 0 Å². The molecule has 0 amide bonds. The molecular weight excluding hydrogens is 255 g/mol. The Bertz CT molecular complexity index is 707. The van der Waals surface area contributed by atoms with E-state index in [-0.39, 0.29) is 5.82 Å². The minimum Gasteiger partial charge on any atom is -0.458 e. The van der Waals surface area contributed by atoms with E-state index in [0.717, 1.165) is 11.5 Å². The summed E-state index contributed by atoms with van der Waals surface area (Å²) in [7, 11) is 0. The van der Waals surface area contributed by atoms with Gasteiger partial charge < -0.3 is 9.52 Å². The molecular formula is C12H9FN2O2S. The maximum absolute atomic E-state index is 13.1. The van der Waals surface area contributed by atoms with Gasteiger partial charge in [-0.15, -0.1) is 5.10 Å². The van der Waals surface area contributed by atoms with Crippen molar-refractivity contribution in [2.24, 2.45) is 0 Å². The van der Waals surface area contributed by atoms with Crippen LogP contribution in [0, 0.1) is 12.7 Å². The third-order valence-electron chi connectivity index (χ3n) is 2.70.